The molecule has 0 N–H and O–H groups in total. The minimum atomic E-state index is -0.412. The molecule has 1 aromatic heterocycles. The van der Waals surface area contributed by atoms with Crippen LogP contribution in [0, 0.1) is 5.95 Å². The van der Waals surface area contributed by atoms with E-state index in [9.17, 15) is 4.39 Å². The van der Waals surface area contributed by atoms with Crippen LogP contribution >= 0.6 is 0 Å². The minimum Gasteiger partial charge on any atom is -0.246 e. The average molecular weight is 171 g/mol. The summed E-state index contributed by atoms with van der Waals surface area (Å²) in [5.74, 6) is -0.412. The zero-order valence-corrected chi connectivity index (χ0v) is 7.55. The molecule has 0 aliphatic rings. The molecule has 68 valence electrons. The summed E-state index contributed by atoms with van der Waals surface area (Å²) in [7, 11) is 0. The van der Waals surface area contributed by atoms with Crippen molar-refractivity contribution in [3.05, 3.63) is 11.6 Å². The maximum atomic E-state index is 12.9. The second-order valence-corrected chi connectivity index (χ2v) is 2.80. The van der Waals surface area contributed by atoms with Crippen LogP contribution in [0.1, 0.15) is 32.4 Å². The van der Waals surface area contributed by atoms with Gasteiger partial charge in [-0.15, -0.1) is 0 Å². The summed E-state index contributed by atoms with van der Waals surface area (Å²) in [5, 5.41) is 7.12. The van der Waals surface area contributed by atoms with Gasteiger partial charge < -0.3 is 0 Å². The van der Waals surface area contributed by atoms with E-state index in [1.807, 2.05) is 13.8 Å². The van der Waals surface area contributed by atoms with Crippen molar-refractivity contribution >= 4 is 0 Å². The zero-order valence-electron chi connectivity index (χ0n) is 7.55. The van der Waals surface area contributed by atoms with Crippen LogP contribution in [0.5, 0.6) is 0 Å². The highest BCUT2D eigenvalue weighted by atomic mass is 19.1. The lowest BCUT2D eigenvalue weighted by Crippen LogP contribution is -2.05. The molecule has 0 atom stereocenters. The van der Waals surface area contributed by atoms with Crippen LogP contribution in [-0.4, -0.2) is 15.0 Å². The van der Waals surface area contributed by atoms with E-state index >= 15 is 0 Å². The van der Waals surface area contributed by atoms with Gasteiger partial charge in [-0.2, -0.15) is 4.39 Å². The molecule has 0 aliphatic heterocycles. The second-order valence-electron chi connectivity index (χ2n) is 2.80. The Bertz CT molecular complexity index is 244. The molecule has 1 rings (SSSR count). The molecule has 0 saturated heterocycles. The monoisotopic (exact) mass is 171 g/mol. The summed E-state index contributed by atoms with van der Waals surface area (Å²) < 4.78 is 14.6. The van der Waals surface area contributed by atoms with Crippen molar-refractivity contribution in [3.63, 3.8) is 0 Å². The molecule has 0 saturated carbocycles. The number of hydrogen-bond acceptors (Lipinski definition) is 2. The van der Waals surface area contributed by atoms with Gasteiger partial charge in [0.1, 0.15) is 0 Å². The fourth-order valence-corrected chi connectivity index (χ4v) is 1.17. The summed E-state index contributed by atoms with van der Waals surface area (Å²) in [5.41, 5.74) is 0.638. The zero-order chi connectivity index (χ0) is 8.97. The molecule has 0 spiro atoms. The topological polar surface area (TPSA) is 30.7 Å². The van der Waals surface area contributed by atoms with E-state index in [0.29, 0.717) is 5.69 Å². The number of aryl methyl sites for hydroxylation is 1. The number of aromatic nitrogens is 3. The van der Waals surface area contributed by atoms with Gasteiger partial charge in [-0.25, -0.2) is 4.68 Å². The Morgan fingerprint density at radius 1 is 1.33 bits per heavy atom. The summed E-state index contributed by atoms with van der Waals surface area (Å²) in [4.78, 5) is 0. The minimum absolute atomic E-state index is 0.412. The van der Waals surface area contributed by atoms with E-state index in [1.165, 1.54) is 0 Å². The Kier molecular flexibility index (Phi) is 3.19. The standard InChI is InChI=1S/C8H14FN3/c1-3-5-7-8(9)10-11-12(7)6-4-2/h3-6H2,1-2H3. The van der Waals surface area contributed by atoms with Crippen molar-refractivity contribution in [3.8, 4) is 0 Å². The maximum Gasteiger partial charge on any atom is 0.255 e. The summed E-state index contributed by atoms with van der Waals surface area (Å²) in [6, 6.07) is 0. The highest BCUT2D eigenvalue weighted by Gasteiger charge is 2.09. The van der Waals surface area contributed by atoms with Gasteiger partial charge >= 0.3 is 0 Å². The smallest absolute Gasteiger partial charge is 0.246 e. The first-order chi connectivity index (χ1) is 5.79. The highest BCUT2D eigenvalue weighted by Crippen LogP contribution is 2.06. The molecule has 0 aliphatic carbocycles. The molecule has 0 unspecified atom stereocenters. The Labute approximate surface area is 71.6 Å². The molecule has 4 heteroatoms. The summed E-state index contributed by atoms with van der Waals surface area (Å²) >= 11 is 0. The van der Waals surface area contributed by atoms with Gasteiger partial charge in [0.25, 0.3) is 5.95 Å². The number of nitrogens with zero attached hydrogens (tertiary/aromatic N) is 3. The number of hydrogen-bond donors (Lipinski definition) is 0. The molecule has 1 aromatic rings. The van der Waals surface area contributed by atoms with Gasteiger partial charge in [-0.1, -0.05) is 30.6 Å². The Balaban J connectivity index is 2.80. The fraction of sp³-hybridized carbons (Fsp3) is 0.750. The van der Waals surface area contributed by atoms with E-state index in [4.69, 9.17) is 0 Å². The SMILES string of the molecule is CCCc1c(F)nnn1CCC. The van der Waals surface area contributed by atoms with Gasteiger partial charge in [-0.3, -0.25) is 0 Å². The lowest BCUT2D eigenvalue weighted by Gasteiger charge is -2.01. The maximum absolute atomic E-state index is 12.9. The van der Waals surface area contributed by atoms with Crippen LogP contribution in [0.3, 0.4) is 0 Å². The van der Waals surface area contributed by atoms with Crippen LogP contribution in [0.2, 0.25) is 0 Å². The molecular weight excluding hydrogens is 157 g/mol. The predicted molar refractivity (Wildman–Crippen MR) is 44.3 cm³/mol. The van der Waals surface area contributed by atoms with Crippen molar-refractivity contribution in [2.45, 2.75) is 39.7 Å². The molecule has 0 amide bonds. The molecule has 0 aromatic carbocycles. The quantitative estimate of drug-likeness (QED) is 0.691. The molecule has 3 nitrogen and oxygen atoms in total. The van der Waals surface area contributed by atoms with Gasteiger partial charge in [0.2, 0.25) is 0 Å². The van der Waals surface area contributed by atoms with Crippen molar-refractivity contribution in [1.82, 2.24) is 15.0 Å². The largest absolute Gasteiger partial charge is 0.255 e. The number of halogens is 1. The van der Waals surface area contributed by atoms with E-state index in [1.54, 1.807) is 4.68 Å². The third kappa shape index (κ3) is 1.81. The first kappa shape index (κ1) is 9.16. The first-order valence-corrected chi connectivity index (χ1v) is 4.37. The third-order valence-electron chi connectivity index (χ3n) is 1.71. The van der Waals surface area contributed by atoms with Crippen molar-refractivity contribution in [2.75, 3.05) is 0 Å². The Hall–Kier alpha value is -0.930. The van der Waals surface area contributed by atoms with Gasteiger partial charge in [0.15, 0.2) is 0 Å². The summed E-state index contributed by atoms with van der Waals surface area (Å²) in [6.07, 6.45) is 2.60. The van der Waals surface area contributed by atoms with Gasteiger partial charge in [-0.05, 0) is 12.8 Å². The van der Waals surface area contributed by atoms with Crippen LogP contribution < -0.4 is 0 Å². The van der Waals surface area contributed by atoms with E-state index in [0.717, 1.165) is 25.8 Å². The van der Waals surface area contributed by atoms with E-state index < -0.39 is 5.95 Å². The Morgan fingerprint density at radius 3 is 2.67 bits per heavy atom. The lowest BCUT2D eigenvalue weighted by molar-refractivity contribution is 0.545. The van der Waals surface area contributed by atoms with Crippen molar-refractivity contribution in [1.29, 1.82) is 0 Å². The molecule has 0 radical (unpaired) electrons. The number of rotatable bonds is 4. The molecule has 0 fully saturated rings. The molecule has 1 heterocycles. The van der Waals surface area contributed by atoms with Crippen LogP contribution in [-0.2, 0) is 13.0 Å². The van der Waals surface area contributed by atoms with Crippen LogP contribution in [0.4, 0.5) is 4.39 Å². The third-order valence-corrected chi connectivity index (χ3v) is 1.71. The molecule has 0 bridgehead atoms. The van der Waals surface area contributed by atoms with E-state index in [-0.39, 0.29) is 0 Å². The van der Waals surface area contributed by atoms with Gasteiger partial charge in [0.05, 0.1) is 5.69 Å². The second kappa shape index (κ2) is 4.18. The van der Waals surface area contributed by atoms with Crippen LogP contribution in [0.15, 0.2) is 0 Å². The van der Waals surface area contributed by atoms with Crippen molar-refractivity contribution in [2.24, 2.45) is 0 Å². The summed E-state index contributed by atoms with van der Waals surface area (Å²) in [6.45, 7) is 4.81. The molecular formula is C8H14FN3. The normalized spacial score (nSPS) is 10.6. The predicted octanol–water partition coefficient (Wildman–Crippen LogP) is 1.78. The first-order valence-electron chi connectivity index (χ1n) is 4.37. The molecule has 12 heavy (non-hydrogen) atoms. The van der Waals surface area contributed by atoms with Gasteiger partial charge in [0, 0.05) is 6.54 Å². The van der Waals surface area contributed by atoms with Crippen LogP contribution in [0.25, 0.3) is 0 Å². The fourth-order valence-electron chi connectivity index (χ4n) is 1.17. The average Bonchev–Trinajstić information content (AvgIpc) is 2.37. The highest BCUT2D eigenvalue weighted by molar-refractivity contribution is 4.96. The Morgan fingerprint density at radius 2 is 2.08 bits per heavy atom. The van der Waals surface area contributed by atoms with E-state index in [2.05, 4.69) is 10.3 Å². The van der Waals surface area contributed by atoms with Crippen molar-refractivity contribution < 1.29 is 4.39 Å². The lowest BCUT2D eigenvalue weighted by atomic mass is 10.2.